The summed E-state index contributed by atoms with van der Waals surface area (Å²) in [5.41, 5.74) is 6.30. The van der Waals surface area contributed by atoms with E-state index < -0.39 is 5.82 Å². The average Bonchev–Trinajstić information content (AvgIpc) is 2.42. The summed E-state index contributed by atoms with van der Waals surface area (Å²) in [5, 5.41) is 0.0855. The average molecular weight is 296 g/mol. The Kier molecular flexibility index (Phi) is 5.07. The van der Waals surface area contributed by atoms with E-state index in [2.05, 4.69) is 0 Å². The molecule has 0 aliphatic heterocycles. The van der Waals surface area contributed by atoms with Gasteiger partial charge in [-0.1, -0.05) is 17.7 Å². The summed E-state index contributed by atoms with van der Waals surface area (Å²) in [5.74, 6) is 0.693. The van der Waals surface area contributed by atoms with Crippen LogP contribution in [0.2, 0.25) is 5.02 Å². The van der Waals surface area contributed by atoms with Gasteiger partial charge in [-0.15, -0.1) is 0 Å². The molecule has 0 bridgehead atoms. The lowest BCUT2D eigenvalue weighted by Crippen LogP contribution is -2.05. The van der Waals surface area contributed by atoms with E-state index in [1.165, 1.54) is 12.1 Å². The van der Waals surface area contributed by atoms with Gasteiger partial charge < -0.3 is 15.2 Å². The maximum atomic E-state index is 13.2. The molecule has 106 valence electrons. The van der Waals surface area contributed by atoms with Crippen LogP contribution in [0, 0.1) is 5.82 Å². The number of anilines is 1. The van der Waals surface area contributed by atoms with Crippen LogP contribution in [0.1, 0.15) is 6.42 Å². The maximum absolute atomic E-state index is 13.2. The van der Waals surface area contributed by atoms with Crippen LogP contribution < -0.4 is 15.2 Å². The van der Waals surface area contributed by atoms with Crippen molar-refractivity contribution in [2.45, 2.75) is 6.42 Å². The van der Waals surface area contributed by atoms with E-state index in [9.17, 15) is 4.39 Å². The van der Waals surface area contributed by atoms with Crippen LogP contribution in [0.3, 0.4) is 0 Å². The Morgan fingerprint density at radius 3 is 2.35 bits per heavy atom. The van der Waals surface area contributed by atoms with E-state index in [4.69, 9.17) is 26.8 Å². The van der Waals surface area contributed by atoms with Crippen LogP contribution in [-0.2, 0) is 0 Å². The molecular formula is C15H15ClFNO2. The topological polar surface area (TPSA) is 44.5 Å². The summed E-state index contributed by atoms with van der Waals surface area (Å²) in [6.07, 6.45) is 0.680. The summed E-state index contributed by atoms with van der Waals surface area (Å²) >= 11 is 5.58. The number of rotatable bonds is 6. The summed E-state index contributed by atoms with van der Waals surface area (Å²) in [4.78, 5) is 0. The molecule has 0 saturated heterocycles. The highest BCUT2D eigenvalue weighted by atomic mass is 35.5. The number of ether oxygens (including phenoxy) is 2. The molecule has 2 aromatic carbocycles. The van der Waals surface area contributed by atoms with Gasteiger partial charge in [0, 0.05) is 24.2 Å². The first-order valence-corrected chi connectivity index (χ1v) is 6.59. The second kappa shape index (κ2) is 7.01. The first-order chi connectivity index (χ1) is 9.65. The lowest BCUT2D eigenvalue weighted by atomic mass is 10.3. The van der Waals surface area contributed by atoms with Crippen molar-refractivity contribution in [2.24, 2.45) is 0 Å². The monoisotopic (exact) mass is 295 g/mol. The Morgan fingerprint density at radius 1 is 1.00 bits per heavy atom. The predicted octanol–water partition coefficient (Wildman–Crippen LogP) is 3.91. The number of benzene rings is 2. The minimum absolute atomic E-state index is 0.0855. The normalized spacial score (nSPS) is 10.3. The number of hydrogen-bond donors (Lipinski definition) is 1. The van der Waals surface area contributed by atoms with Crippen LogP contribution in [-0.4, -0.2) is 13.2 Å². The van der Waals surface area contributed by atoms with Gasteiger partial charge in [0.2, 0.25) is 0 Å². The van der Waals surface area contributed by atoms with Crippen molar-refractivity contribution in [1.82, 2.24) is 0 Å². The van der Waals surface area contributed by atoms with Crippen LogP contribution in [0.4, 0.5) is 10.1 Å². The van der Waals surface area contributed by atoms with Gasteiger partial charge in [0.05, 0.1) is 18.2 Å². The predicted molar refractivity (Wildman–Crippen MR) is 77.9 cm³/mol. The van der Waals surface area contributed by atoms with Gasteiger partial charge >= 0.3 is 0 Å². The first kappa shape index (κ1) is 14.5. The molecule has 0 heterocycles. The minimum atomic E-state index is -0.486. The largest absolute Gasteiger partial charge is 0.493 e. The highest BCUT2D eigenvalue weighted by Gasteiger charge is 2.01. The molecule has 2 N–H and O–H groups in total. The summed E-state index contributed by atoms with van der Waals surface area (Å²) in [6.45, 7) is 0.933. The Labute approximate surface area is 122 Å². The molecular weight excluding hydrogens is 281 g/mol. The van der Waals surface area contributed by atoms with Crippen LogP contribution in [0.25, 0.3) is 0 Å². The summed E-state index contributed by atoms with van der Waals surface area (Å²) in [7, 11) is 0. The third-order valence-corrected chi connectivity index (χ3v) is 2.88. The van der Waals surface area contributed by atoms with Gasteiger partial charge in [0.25, 0.3) is 0 Å². The third kappa shape index (κ3) is 4.31. The van der Waals surface area contributed by atoms with Gasteiger partial charge in [0.15, 0.2) is 0 Å². The minimum Gasteiger partial charge on any atom is -0.493 e. The van der Waals surface area contributed by atoms with Crippen LogP contribution in [0.5, 0.6) is 11.5 Å². The fourth-order valence-corrected chi connectivity index (χ4v) is 1.73. The molecule has 0 amide bonds. The lowest BCUT2D eigenvalue weighted by molar-refractivity contribution is 0.247. The molecule has 0 aliphatic rings. The van der Waals surface area contributed by atoms with Crippen molar-refractivity contribution in [3.8, 4) is 11.5 Å². The Balaban J connectivity index is 1.70. The van der Waals surface area contributed by atoms with Gasteiger partial charge in [-0.2, -0.15) is 0 Å². The number of halogens is 2. The second-order valence-electron chi connectivity index (χ2n) is 4.20. The molecule has 2 rings (SSSR count). The van der Waals surface area contributed by atoms with E-state index in [1.54, 1.807) is 18.2 Å². The molecule has 20 heavy (non-hydrogen) atoms. The van der Waals surface area contributed by atoms with E-state index in [1.807, 2.05) is 12.1 Å². The van der Waals surface area contributed by atoms with E-state index >= 15 is 0 Å². The van der Waals surface area contributed by atoms with Crippen molar-refractivity contribution in [3.05, 3.63) is 53.3 Å². The molecule has 0 fully saturated rings. The number of nitrogen functional groups attached to an aromatic ring is 1. The zero-order valence-electron chi connectivity index (χ0n) is 10.8. The molecule has 0 atom stereocenters. The van der Waals surface area contributed by atoms with Gasteiger partial charge in [-0.05, 0) is 24.3 Å². The SMILES string of the molecule is Nc1cccc(OCCCOc2ccc(Cl)c(F)c2)c1. The highest BCUT2D eigenvalue weighted by molar-refractivity contribution is 6.30. The van der Waals surface area contributed by atoms with Crippen LogP contribution in [0.15, 0.2) is 42.5 Å². The van der Waals surface area contributed by atoms with Gasteiger partial charge in [0.1, 0.15) is 17.3 Å². The highest BCUT2D eigenvalue weighted by Crippen LogP contribution is 2.20. The number of hydrogen-bond acceptors (Lipinski definition) is 3. The van der Waals surface area contributed by atoms with Gasteiger partial charge in [-0.25, -0.2) is 4.39 Å². The van der Waals surface area contributed by atoms with Crippen LogP contribution >= 0.6 is 11.6 Å². The zero-order valence-corrected chi connectivity index (χ0v) is 11.6. The Hall–Kier alpha value is -1.94. The Morgan fingerprint density at radius 2 is 1.70 bits per heavy atom. The molecule has 0 aromatic heterocycles. The molecule has 3 nitrogen and oxygen atoms in total. The fraction of sp³-hybridized carbons (Fsp3) is 0.200. The molecule has 0 unspecified atom stereocenters. The van der Waals surface area contributed by atoms with Crippen molar-refractivity contribution in [2.75, 3.05) is 18.9 Å². The molecule has 0 radical (unpaired) electrons. The molecule has 0 aliphatic carbocycles. The fourth-order valence-electron chi connectivity index (χ4n) is 1.61. The first-order valence-electron chi connectivity index (χ1n) is 6.21. The smallest absolute Gasteiger partial charge is 0.145 e. The maximum Gasteiger partial charge on any atom is 0.145 e. The standard InChI is InChI=1S/C15H15ClFNO2/c16-14-6-5-13(10-15(14)17)20-8-2-7-19-12-4-1-3-11(18)9-12/h1,3-6,9-10H,2,7-8,18H2. The van der Waals surface area contributed by atoms with E-state index in [0.29, 0.717) is 31.1 Å². The van der Waals surface area contributed by atoms with Crippen molar-refractivity contribution < 1.29 is 13.9 Å². The van der Waals surface area contributed by atoms with Crippen molar-refractivity contribution in [3.63, 3.8) is 0 Å². The second-order valence-corrected chi connectivity index (χ2v) is 4.61. The quantitative estimate of drug-likeness (QED) is 0.649. The zero-order chi connectivity index (χ0) is 14.4. The van der Waals surface area contributed by atoms with Gasteiger partial charge in [-0.3, -0.25) is 0 Å². The van der Waals surface area contributed by atoms with E-state index in [-0.39, 0.29) is 5.02 Å². The molecule has 5 heteroatoms. The third-order valence-electron chi connectivity index (χ3n) is 2.58. The molecule has 0 saturated carbocycles. The van der Waals surface area contributed by atoms with E-state index in [0.717, 1.165) is 5.75 Å². The van der Waals surface area contributed by atoms with Crippen molar-refractivity contribution in [1.29, 1.82) is 0 Å². The lowest BCUT2D eigenvalue weighted by Gasteiger charge is -2.08. The van der Waals surface area contributed by atoms with Crippen molar-refractivity contribution >= 4 is 17.3 Å². The number of nitrogens with two attached hydrogens (primary N) is 1. The summed E-state index contributed by atoms with van der Waals surface area (Å²) < 4.78 is 24.1. The molecule has 0 spiro atoms. The molecule has 2 aromatic rings. The summed E-state index contributed by atoms with van der Waals surface area (Å²) in [6, 6.07) is 11.6. The Bertz CT molecular complexity index is 578.